The smallest absolute Gasteiger partial charge is 0.0840 e. The van der Waals surface area contributed by atoms with Crippen molar-refractivity contribution < 1.29 is 14.9 Å². The van der Waals surface area contributed by atoms with Gasteiger partial charge in [0.1, 0.15) is 0 Å². The predicted molar refractivity (Wildman–Crippen MR) is 110 cm³/mol. The summed E-state index contributed by atoms with van der Waals surface area (Å²) in [7, 11) is 0. The molecule has 0 aromatic heterocycles. The number of ether oxygens (including phenoxy) is 1. The van der Waals surface area contributed by atoms with Crippen LogP contribution in [0.1, 0.15) is 70.9 Å². The van der Waals surface area contributed by atoms with Crippen LogP contribution in [0.3, 0.4) is 0 Å². The number of hydrogen-bond donors (Lipinski definition) is 2. The van der Waals surface area contributed by atoms with Gasteiger partial charge in [-0.15, -0.1) is 0 Å². The van der Waals surface area contributed by atoms with Crippen LogP contribution in [0, 0.1) is 23.7 Å². The Morgan fingerprint density at radius 2 is 1.81 bits per heavy atom. The van der Waals surface area contributed by atoms with Crippen LogP contribution in [0.2, 0.25) is 0 Å². The fraction of sp³-hybridized carbons (Fsp3) is 0.750. The largest absolute Gasteiger partial charge is 0.392 e. The maximum absolute atomic E-state index is 11.0. The zero-order valence-electron chi connectivity index (χ0n) is 17.5. The van der Waals surface area contributed by atoms with Crippen molar-refractivity contribution in [2.45, 2.75) is 84.0 Å². The van der Waals surface area contributed by atoms with E-state index in [1.54, 1.807) is 13.8 Å². The summed E-state index contributed by atoms with van der Waals surface area (Å²) in [6.07, 6.45) is 7.03. The number of benzene rings is 1. The lowest BCUT2D eigenvalue weighted by atomic mass is 9.65. The predicted octanol–water partition coefficient (Wildman–Crippen LogP) is 4.68. The van der Waals surface area contributed by atoms with E-state index in [-0.39, 0.29) is 12.0 Å². The van der Waals surface area contributed by atoms with E-state index in [0.717, 1.165) is 23.7 Å². The molecule has 1 aromatic carbocycles. The summed E-state index contributed by atoms with van der Waals surface area (Å²) in [6.45, 7) is 8.90. The normalized spacial score (nSPS) is 31.6. The van der Waals surface area contributed by atoms with E-state index in [9.17, 15) is 10.2 Å². The summed E-state index contributed by atoms with van der Waals surface area (Å²) in [6, 6.07) is 8.04. The molecule has 0 bridgehead atoms. The fourth-order valence-corrected chi connectivity index (χ4v) is 5.23. The Morgan fingerprint density at radius 1 is 1.11 bits per heavy atom. The van der Waals surface area contributed by atoms with Crippen molar-refractivity contribution >= 4 is 0 Å². The van der Waals surface area contributed by atoms with Gasteiger partial charge in [0.2, 0.25) is 0 Å². The molecule has 1 aliphatic carbocycles. The van der Waals surface area contributed by atoms with Gasteiger partial charge in [-0.05, 0) is 81.3 Å². The second-order valence-corrected chi connectivity index (χ2v) is 9.63. The van der Waals surface area contributed by atoms with Gasteiger partial charge in [-0.1, -0.05) is 44.0 Å². The summed E-state index contributed by atoms with van der Waals surface area (Å²) in [5.41, 5.74) is 1.23. The van der Waals surface area contributed by atoms with E-state index in [1.807, 2.05) is 24.3 Å². The first kappa shape index (κ1) is 20.8. The molecule has 2 aliphatic rings. The fourth-order valence-electron chi connectivity index (χ4n) is 5.23. The van der Waals surface area contributed by atoms with Crippen molar-refractivity contribution in [2.24, 2.45) is 23.7 Å². The summed E-state index contributed by atoms with van der Waals surface area (Å²) in [4.78, 5) is 0. The number of aliphatic hydroxyl groups is 2. The molecule has 27 heavy (non-hydrogen) atoms. The van der Waals surface area contributed by atoms with E-state index in [1.165, 1.54) is 32.1 Å². The van der Waals surface area contributed by atoms with E-state index in [4.69, 9.17) is 4.74 Å². The van der Waals surface area contributed by atoms with Crippen molar-refractivity contribution in [3.8, 4) is 0 Å². The van der Waals surface area contributed by atoms with E-state index >= 15 is 0 Å². The van der Waals surface area contributed by atoms with Crippen molar-refractivity contribution in [2.75, 3.05) is 6.61 Å². The molecule has 1 saturated heterocycles. The molecular weight excluding hydrogens is 336 g/mol. The Bertz CT molecular complexity index is 589. The van der Waals surface area contributed by atoms with Gasteiger partial charge < -0.3 is 14.9 Å². The van der Waals surface area contributed by atoms with Crippen LogP contribution in [0.15, 0.2) is 24.3 Å². The number of fused-ring (bicyclic) bond motifs is 1. The zero-order valence-corrected chi connectivity index (χ0v) is 17.5. The second-order valence-electron chi connectivity index (χ2n) is 9.63. The maximum Gasteiger partial charge on any atom is 0.0840 e. The molecular formula is C24H38O3. The molecule has 3 heteroatoms. The summed E-state index contributed by atoms with van der Waals surface area (Å²) >= 11 is 0. The van der Waals surface area contributed by atoms with Crippen LogP contribution in [-0.4, -0.2) is 29.0 Å². The van der Waals surface area contributed by atoms with Crippen LogP contribution in [-0.2, 0) is 16.8 Å². The average Bonchev–Trinajstić information content (AvgIpc) is 2.82. The molecule has 3 nitrogen and oxygen atoms in total. The Kier molecular flexibility index (Phi) is 6.66. The molecule has 1 saturated carbocycles. The molecule has 2 unspecified atom stereocenters. The van der Waals surface area contributed by atoms with Crippen molar-refractivity contribution in [1.82, 2.24) is 0 Å². The zero-order chi connectivity index (χ0) is 19.6. The second kappa shape index (κ2) is 8.63. The van der Waals surface area contributed by atoms with Gasteiger partial charge in [-0.2, -0.15) is 0 Å². The van der Waals surface area contributed by atoms with Crippen LogP contribution in [0.4, 0.5) is 0 Å². The van der Waals surface area contributed by atoms with Crippen molar-refractivity contribution in [1.29, 1.82) is 0 Å². The molecule has 2 N–H and O–H groups in total. The lowest BCUT2D eigenvalue weighted by Gasteiger charge is -2.41. The molecule has 0 spiro atoms. The maximum atomic E-state index is 11.0. The Morgan fingerprint density at radius 3 is 2.48 bits per heavy atom. The standard InChI is InChI=1S/C24H38O3/c1-16-8-11-19-6-5-7-21(22(19)15-27-16)17(2)23(25)14-18-9-12-20(13-10-18)24(3,4)26/h9-10,12-13,16-17,19,21-23,25-26H,5-8,11,14-15H2,1-4H3/t16?,17-,19-,21+,22?,23-/m1/s1. The Balaban J connectivity index is 1.64. The van der Waals surface area contributed by atoms with Gasteiger partial charge in [0.05, 0.1) is 24.4 Å². The molecule has 0 amide bonds. The molecule has 3 rings (SSSR count). The topological polar surface area (TPSA) is 49.7 Å². The first-order valence-corrected chi connectivity index (χ1v) is 10.9. The highest BCUT2D eigenvalue weighted by molar-refractivity contribution is 5.26. The third-order valence-electron chi connectivity index (χ3n) is 7.17. The first-order chi connectivity index (χ1) is 12.8. The van der Waals surface area contributed by atoms with E-state index in [0.29, 0.717) is 24.4 Å². The van der Waals surface area contributed by atoms with Gasteiger partial charge in [-0.25, -0.2) is 0 Å². The summed E-state index contributed by atoms with van der Waals surface area (Å²) in [5, 5.41) is 21.1. The quantitative estimate of drug-likeness (QED) is 0.786. The lowest BCUT2D eigenvalue weighted by molar-refractivity contribution is -0.0204. The minimum atomic E-state index is -0.821. The van der Waals surface area contributed by atoms with E-state index < -0.39 is 5.60 Å². The average molecular weight is 375 g/mol. The molecule has 152 valence electrons. The van der Waals surface area contributed by atoms with Gasteiger partial charge >= 0.3 is 0 Å². The Hall–Kier alpha value is -0.900. The number of aliphatic hydroxyl groups excluding tert-OH is 1. The third kappa shape index (κ3) is 5.13. The van der Waals surface area contributed by atoms with Crippen LogP contribution >= 0.6 is 0 Å². The third-order valence-corrected chi connectivity index (χ3v) is 7.17. The highest BCUT2D eigenvalue weighted by Gasteiger charge is 2.39. The number of hydrogen-bond acceptors (Lipinski definition) is 3. The van der Waals surface area contributed by atoms with Crippen molar-refractivity contribution in [3.05, 3.63) is 35.4 Å². The van der Waals surface area contributed by atoms with Crippen molar-refractivity contribution in [3.63, 3.8) is 0 Å². The molecule has 6 atom stereocenters. The molecule has 1 heterocycles. The molecule has 1 aliphatic heterocycles. The Labute approximate surface area is 165 Å². The van der Waals surface area contributed by atoms with Crippen LogP contribution in [0.5, 0.6) is 0 Å². The number of rotatable bonds is 5. The van der Waals surface area contributed by atoms with Gasteiger partial charge in [0.25, 0.3) is 0 Å². The molecule has 1 aromatic rings. The molecule has 2 fully saturated rings. The van der Waals surface area contributed by atoms with E-state index in [2.05, 4.69) is 13.8 Å². The highest BCUT2D eigenvalue weighted by Crippen LogP contribution is 2.44. The monoisotopic (exact) mass is 374 g/mol. The summed E-state index contributed by atoms with van der Waals surface area (Å²) < 4.78 is 6.09. The minimum absolute atomic E-state index is 0.281. The first-order valence-electron chi connectivity index (χ1n) is 10.9. The lowest BCUT2D eigenvalue weighted by Crippen LogP contribution is -2.39. The molecule has 0 radical (unpaired) electrons. The van der Waals surface area contributed by atoms with Crippen LogP contribution in [0.25, 0.3) is 0 Å². The SMILES string of the molecule is CC1CC[C@H]2CCC[C@@H]([C@@H](C)[C@H](O)Cc3ccc(C(C)(C)O)cc3)C2CO1. The van der Waals surface area contributed by atoms with Gasteiger partial charge in [0.15, 0.2) is 0 Å². The van der Waals surface area contributed by atoms with Gasteiger partial charge in [-0.3, -0.25) is 0 Å². The highest BCUT2D eigenvalue weighted by atomic mass is 16.5. The minimum Gasteiger partial charge on any atom is -0.392 e. The van der Waals surface area contributed by atoms with Gasteiger partial charge in [0, 0.05) is 0 Å². The summed E-state index contributed by atoms with van der Waals surface area (Å²) in [5.74, 6) is 2.21. The van der Waals surface area contributed by atoms with Crippen LogP contribution < -0.4 is 0 Å².